The van der Waals surface area contributed by atoms with E-state index in [4.69, 9.17) is 0 Å². The van der Waals surface area contributed by atoms with Gasteiger partial charge in [-0.25, -0.2) is 0 Å². The van der Waals surface area contributed by atoms with Crippen LogP contribution in [0.4, 0.5) is 5.69 Å². The van der Waals surface area contributed by atoms with E-state index in [2.05, 4.69) is 5.32 Å². The second-order valence-electron chi connectivity index (χ2n) is 6.59. The van der Waals surface area contributed by atoms with Crippen LogP contribution in [0.15, 0.2) is 24.3 Å². The number of carbonyl (C=O) groups is 2. The van der Waals surface area contributed by atoms with Crippen molar-refractivity contribution in [2.75, 3.05) is 11.4 Å². The first-order valence-corrected chi connectivity index (χ1v) is 8.31. The fraction of sp³-hybridized carbons (Fsp3) is 0.556. The van der Waals surface area contributed by atoms with Crippen molar-refractivity contribution in [3.8, 4) is 0 Å². The number of carbonyl (C=O) groups excluding carboxylic acids is 2. The van der Waals surface area contributed by atoms with Gasteiger partial charge in [0.15, 0.2) is 0 Å². The highest BCUT2D eigenvalue weighted by Gasteiger charge is 2.33. The average Bonchev–Trinajstić information content (AvgIpc) is 3.11. The Morgan fingerprint density at radius 3 is 2.55 bits per heavy atom. The van der Waals surface area contributed by atoms with Crippen molar-refractivity contribution in [2.45, 2.75) is 51.5 Å². The Morgan fingerprint density at radius 1 is 1.18 bits per heavy atom. The minimum Gasteiger partial charge on any atom is -0.344 e. The Kier molecular flexibility index (Phi) is 4.46. The molecule has 1 aliphatic heterocycles. The van der Waals surface area contributed by atoms with Crippen LogP contribution < -0.4 is 10.2 Å². The summed E-state index contributed by atoms with van der Waals surface area (Å²) in [7, 11) is 0. The highest BCUT2D eigenvalue weighted by molar-refractivity contribution is 6.01. The largest absolute Gasteiger partial charge is 0.344 e. The fourth-order valence-corrected chi connectivity index (χ4v) is 3.52. The normalized spacial score (nSPS) is 22.3. The number of hydrogen-bond donors (Lipinski definition) is 1. The predicted octanol–water partition coefficient (Wildman–Crippen LogP) is 2.80. The van der Waals surface area contributed by atoms with E-state index in [1.807, 2.05) is 31.2 Å². The molecule has 4 nitrogen and oxygen atoms in total. The number of nitrogens with one attached hydrogen (secondary N) is 1. The molecular formula is C18H24N2O2. The first kappa shape index (κ1) is 15.1. The molecule has 1 N–H and O–H groups in total. The zero-order valence-electron chi connectivity index (χ0n) is 13.2. The molecule has 4 heteroatoms. The van der Waals surface area contributed by atoms with Crippen molar-refractivity contribution in [2.24, 2.45) is 5.92 Å². The number of anilines is 1. The summed E-state index contributed by atoms with van der Waals surface area (Å²) < 4.78 is 0. The van der Waals surface area contributed by atoms with Crippen molar-refractivity contribution in [3.05, 3.63) is 29.8 Å². The summed E-state index contributed by atoms with van der Waals surface area (Å²) in [6.07, 6.45) is 6.06. The van der Waals surface area contributed by atoms with Gasteiger partial charge < -0.3 is 10.2 Å². The first-order valence-electron chi connectivity index (χ1n) is 8.31. The molecule has 2 amide bonds. The predicted molar refractivity (Wildman–Crippen MR) is 86.7 cm³/mol. The molecule has 2 fully saturated rings. The van der Waals surface area contributed by atoms with Gasteiger partial charge in [-0.2, -0.15) is 0 Å². The molecule has 1 saturated carbocycles. The lowest BCUT2D eigenvalue weighted by molar-refractivity contribution is -0.127. The highest BCUT2D eigenvalue weighted by atomic mass is 16.2. The van der Waals surface area contributed by atoms with Gasteiger partial charge in [0.1, 0.15) is 6.04 Å². The summed E-state index contributed by atoms with van der Waals surface area (Å²) in [5, 5.41) is 2.94. The molecule has 22 heavy (non-hydrogen) atoms. The van der Waals surface area contributed by atoms with E-state index < -0.39 is 0 Å². The molecule has 118 valence electrons. The molecular weight excluding hydrogens is 276 g/mol. The van der Waals surface area contributed by atoms with Gasteiger partial charge in [-0.05, 0) is 44.2 Å². The van der Waals surface area contributed by atoms with Crippen molar-refractivity contribution in [1.29, 1.82) is 0 Å². The second-order valence-corrected chi connectivity index (χ2v) is 6.59. The summed E-state index contributed by atoms with van der Waals surface area (Å²) in [6.45, 7) is 2.71. The molecule has 0 spiro atoms. The van der Waals surface area contributed by atoms with Crippen LogP contribution in [0.5, 0.6) is 0 Å². The zero-order valence-corrected chi connectivity index (χ0v) is 13.2. The number of benzene rings is 1. The van der Waals surface area contributed by atoms with E-state index in [1.165, 1.54) is 18.4 Å². The maximum absolute atomic E-state index is 12.5. The summed E-state index contributed by atoms with van der Waals surface area (Å²) in [5.41, 5.74) is 2.10. The number of nitrogens with zero attached hydrogens (tertiary/aromatic N) is 1. The van der Waals surface area contributed by atoms with Crippen LogP contribution >= 0.6 is 0 Å². The van der Waals surface area contributed by atoms with Crippen molar-refractivity contribution >= 4 is 17.5 Å². The third kappa shape index (κ3) is 3.32. The van der Waals surface area contributed by atoms with Crippen LogP contribution in [0.2, 0.25) is 0 Å². The number of amides is 2. The monoisotopic (exact) mass is 300 g/mol. The van der Waals surface area contributed by atoms with Gasteiger partial charge in [0.25, 0.3) is 0 Å². The quantitative estimate of drug-likeness (QED) is 0.929. The van der Waals surface area contributed by atoms with Crippen LogP contribution in [0.3, 0.4) is 0 Å². The topological polar surface area (TPSA) is 49.4 Å². The molecule has 0 radical (unpaired) electrons. The zero-order chi connectivity index (χ0) is 15.5. The van der Waals surface area contributed by atoms with E-state index in [0.717, 1.165) is 18.5 Å². The summed E-state index contributed by atoms with van der Waals surface area (Å²) in [4.78, 5) is 26.4. The van der Waals surface area contributed by atoms with Gasteiger partial charge in [-0.3, -0.25) is 9.59 Å². The van der Waals surface area contributed by atoms with Gasteiger partial charge >= 0.3 is 0 Å². The van der Waals surface area contributed by atoms with E-state index in [0.29, 0.717) is 25.3 Å². The van der Waals surface area contributed by atoms with E-state index in [-0.39, 0.29) is 17.9 Å². The molecule has 2 aliphatic rings. The van der Waals surface area contributed by atoms with Crippen LogP contribution in [-0.2, 0) is 9.59 Å². The fourth-order valence-electron chi connectivity index (χ4n) is 3.52. The molecule has 1 aromatic rings. The molecule has 1 heterocycles. The standard InChI is InChI=1S/C18H24N2O2/c1-13-6-8-15(9-7-13)20-11-10-16(18(20)22)19-17(21)12-14-4-2-3-5-14/h6-9,14,16H,2-5,10-12H2,1H3,(H,19,21)/t16-/m1/s1. The Labute approximate surface area is 131 Å². The number of hydrogen-bond acceptors (Lipinski definition) is 2. The van der Waals surface area contributed by atoms with Crippen molar-refractivity contribution < 1.29 is 9.59 Å². The minimum atomic E-state index is -0.352. The Bertz CT molecular complexity index is 547. The van der Waals surface area contributed by atoms with Crippen LogP contribution in [0.1, 0.15) is 44.1 Å². The van der Waals surface area contributed by atoms with E-state index >= 15 is 0 Å². The first-order chi connectivity index (χ1) is 10.6. The Morgan fingerprint density at radius 2 is 1.86 bits per heavy atom. The van der Waals surface area contributed by atoms with Gasteiger partial charge in [-0.15, -0.1) is 0 Å². The number of aryl methyl sites for hydroxylation is 1. The third-order valence-corrected chi connectivity index (χ3v) is 4.84. The average molecular weight is 300 g/mol. The maximum atomic E-state index is 12.5. The SMILES string of the molecule is Cc1ccc(N2CC[C@@H](NC(=O)CC3CCCC3)C2=O)cc1. The second kappa shape index (κ2) is 6.51. The molecule has 0 aromatic heterocycles. The molecule has 1 aromatic carbocycles. The Hall–Kier alpha value is -1.84. The molecule has 1 saturated heterocycles. The molecule has 0 bridgehead atoms. The lowest BCUT2D eigenvalue weighted by Gasteiger charge is -2.18. The van der Waals surface area contributed by atoms with Gasteiger partial charge in [-0.1, -0.05) is 30.5 Å². The Balaban J connectivity index is 1.56. The van der Waals surface area contributed by atoms with Crippen LogP contribution in [0.25, 0.3) is 0 Å². The van der Waals surface area contributed by atoms with Crippen LogP contribution in [-0.4, -0.2) is 24.4 Å². The van der Waals surface area contributed by atoms with Gasteiger partial charge in [0.05, 0.1) is 0 Å². The molecule has 1 aliphatic carbocycles. The van der Waals surface area contributed by atoms with E-state index in [1.54, 1.807) is 4.90 Å². The smallest absolute Gasteiger partial charge is 0.249 e. The minimum absolute atomic E-state index is 0.0172. The summed E-state index contributed by atoms with van der Waals surface area (Å²) in [5.74, 6) is 0.573. The number of rotatable bonds is 4. The lowest BCUT2D eigenvalue weighted by Crippen LogP contribution is -2.42. The lowest BCUT2D eigenvalue weighted by atomic mass is 10.0. The van der Waals surface area contributed by atoms with Gasteiger partial charge in [0.2, 0.25) is 11.8 Å². The molecule has 3 rings (SSSR count). The summed E-state index contributed by atoms with van der Waals surface area (Å²) >= 11 is 0. The third-order valence-electron chi connectivity index (χ3n) is 4.84. The highest BCUT2D eigenvalue weighted by Crippen LogP contribution is 2.28. The van der Waals surface area contributed by atoms with Crippen LogP contribution in [0, 0.1) is 12.8 Å². The molecule has 1 atom stereocenters. The van der Waals surface area contributed by atoms with Crippen molar-refractivity contribution in [3.63, 3.8) is 0 Å². The summed E-state index contributed by atoms with van der Waals surface area (Å²) in [6, 6.07) is 7.60. The van der Waals surface area contributed by atoms with E-state index in [9.17, 15) is 9.59 Å². The maximum Gasteiger partial charge on any atom is 0.249 e. The molecule has 0 unspecified atom stereocenters. The van der Waals surface area contributed by atoms with Gasteiger partial charge in [0, 0.05) is 18.7 Å². The van der Waals surface area contributed by atoms with Crippen molar-refractivity contribution in [1.82, 2.24) is 5.32 Å².